The van der Waals surface area contributed by atoms with Gasteiger partial charge >= 0.3 is 0 Å². The van der Waals surface area contributed by atoms with Gasteiger partial charge in [0.25, 0.3) is 0 Å². The fourth-order valence-corrected chi connectivity index (χ4v) is 4.39. The molecule has 0 fully saturated rings. The van der Waals surface area contributed by atoms with E-state index in [0.717, 1.165) is 48.2 Å². The van der Waals surface area contributed by atoms with Crippen molar-refractivity contribution in [1.82, 2.24) is 19.7 Å². The lowest BCUT2D eigenvalue weighted by Gasteiger charge is -2.27. The molecule has 0 spiro atoms. The van der Waals surface area contributed by atoms with Crippen molar-refractivity contribution in [3.05, 3.63) is 45.8 Å². The average molecular weight is 319 g/mol. The lowest BCUT2D eigenvalue weighted by Crippen LogP contribution is -2.33. The molecule has 0 saturated heterocycles. The summed E-state index contributed by atoms with van der Waals surface area (Å²) in [6.45, 7) is 5.69. The predicted octanol–water partition coefficient (Wildman–Crippen LogP) is 3.47. The zero-order valence-corrected chi connectivity index (χ0v) is 13.3. The molecule has 1 aliphatic heterocycles. The van der Waals surface area contributed by atoms with Gasteiger partial charge in [-0.25, -0.2) is 0 Å². The summed E-state index contributed by atoms with van der Waals surface area (Å²) in [7, 11) is 0. The number of fused-ring (bicyclic) bond motifs is 2. The Labute approximate surface area is 132 Å². The highest BCUT2D eigenvalue weighted by atomic mass is 35.5. The van der Waals surface area contributed by atoms with Gasteiger partial charge in [0.05, 0.1) is 11.6 Å². The summed E-state index contributed by atoms with van der Waals surface area (Å²) in [5.74, 6) is 2.06. The Kier molecular flexibility index (Phi) is 3.21. The van der Waals surface area contributed by atoms with Crippen LogP contribution in [0.2, 0.25) is 5.02 Å². The molecular formula is C15H15ClN4S. The highest BCUT2D eigenvalue weighted by Crippen LogP contribution is 2.36. The fraction of sp³-hybridized carbons (Fsp3) is 0.333. The number of hydrogen-bond acceptors (Lipinski definition) is 4. The molecule has 1 aromatic carbocycles. The maximum atomic E-state index is 6.53. The van der Waals surface area contributed by atoms with E-state index in [-0.39, 0.29) is 0 Å². The van der Waals surface area contributed by atoms with E-state index < -0.39 is 0 Å². The van der Waals surface area contributed by atoms with Crippen LogP contribution in [0.4, 0.5) is 0 Å². The summed E-state index contributed by atoms with van der Waals surface area (Å²) in [6.07, 6.45) is 0. The van der Waals surface area contributed by atoms with Crippen molar-refractivity contribution in [3.8, 4) is 0 Å². The predicted molar refractivity (Wildman–Crippen MR) is 85.7 cm³/mol. The summed E-state index contributed by atoms with van der Waals surface area (Å²) in [4.78, 5) is 3.63. The number of thiophene rings is 1. The minimum absolute atomic E-state index is 0.839. The number of hydrogen-bond donors (Lipinski definition) is 0. The van der Waals surface area contributed by atoms with Gasteiger partial charge < -0.3 is 4.57 Å². The molecule has 2 aromatic heterocycles. The Hall–Kier alpha value is -1.43. The van der Waals surface area contributed by atoms with Crippen LogP contribution in [0, 0.1) is 6.92 Å². The van der Waals surface area contributed by atoms with Gasteiger partial charge in [0, 0.05) is 34.6 Å². The molecule has 6 heteroatoms. The Morgan fingerprint density at radius 2 is 2.10 bits per heavy atom. The molecule has 3 aromatic rings. The summed E-state index contributed by atoms with van der Waals surface area (Å²) in [6, 6.07) is 8.32. The number of benzene rings is 1. The van der Waals surface area contributed by atoms with Crippen molar-refractivity contribution < 1.29 is 0 Å². The van der Waals surface area contributed by atoms with E-state index in [9.17, 15) is 0 Å². The average Bonchev–Trinajstić information content (AvgIpc) is 3.01. The summed E-state index contributed by atoms with van der Waals surface area (Å²) in [5.41, 5.74) is 0. The Balaban J connectivity index is 1.60. The van der Waals surface area contributed by atoms with E-state index in [2.05, 4.69) is 37.9 Å². The second-order valence-electron chi connectivity index (χ2n) is 5.36. The van der Waals surface area contributed by atoms with Crippen molar-refractivity contribution >= 4 is 33.0 Å². The van der Waals surface area contributed by atoms with Gasteiger partial charge in [0.2, 0.25) is 0 Å². The van der Waals surface area contributed by atoms with Gasteiger partial charge in [-0.15, -0.1) is 21.5 Å². The first-order valence-corrected chi connectivity index (χ1v) is 8.19. The number of rotatable bonds is 2. The maximum Gasteiger partial charge on any atom is 0.147 e. The van der Waals surface area contributed by atoms with Gasteiger partial charge in [-0.05, 0) is 13.0 Å². The standard InChI is InChI=1S/C15H15ClN4S/c1-10-17-18-14-9-19(6-7-20(10)14)8-13-15(16)11-4-2-3-5-12(11)21-13/h2-5H,6-9H2,1H3. The molecular weight excluding hydrogens is 304 g/mol. The van der Waals surface area contributed by atoms with Crippen LogP contribution < -0.4 is 0 Å². The highest BCUT2D eigenvalue weighted by Gasteiger charge is 2.21. The monoisotopic (exact) mass is 318 g/mol. The third-order valence-electron chi connectivity index (χ3n) is 3.99. The molecule has 0 amide bonds. The fourth-order valence-electron chi connectivity index (χ4n) is 2.86. The second kappa shape index (κ2) is 5.09. The SMILES string of the molecule is Cc1nnc2n1CCN(Cc1sc3ccccc3c1Cl)C2. The van der Waals surface area contributed by atoms with E-state index in [1.54, 1.807) is 11.3 Å². The molecule has 0 radical (unpaired) electrons. The highest BCUT2D eigenvalue weighted by molar-refractivity contribution is 7.19. The minimum atomic E-state index is 0.839. The molecule has 0 unspecified atom stereocenters. The molecule has 0 atom stereocenters. The Bertz CT molecular complexity index is 807. The number of aromatic nitrogens is 3. The molecule has 4 rings (SSSR count). The molecule has 0 bridgehead atoms. The van der Waals surface area contributed by atoms with Gasteiger partial charge in [-0.2, -0.15) is 0 Å². The van der Waals surface area contributed by atoms with E-state index in [4.69, 9.17) is 11.6 Å². The number of aryl methyl sites for hydroxylation is 1. The first-order valence-electron chi connectivity index (χ1n) is 6.99. The third-order valence-corrected chi connectivity index (χ3v) is 5.69. The van der Waals surface area contributed by atoms with Crippen LogP contribution in [-0.4, -0.2) is 26.2 Å². The van der Waals surface area contributed by atoms with Crippen molar-refractivity contribution in [2.75, 3.05) is 6.54 Å². The molecule has 0 saturated carbocycles. The van der Waals surface area contributed by atoms with Crippen LogP contribution in [0.5, 0.6) is 0 Å². The van der Waals surface area contributed by atoms with Gasteiger partial charge in [-0.1, -0.05) is 29.8 Å². The van der Waals surface area contributed by atoms with Crippen molar-refractivity contribution in [2.24, 2.45) is 0 Å². The molecule has 108 valence electrons. The normalized spacial score (nSPS) is 15.5. The Morgan fingerprint density at radius 1 is 1.24 bits per heavy atom. The van der Waals surface area contributed by atoms with Crippen molar-refractivity contribution in [1.29, 1.82) is 0 Å². The topological polar surface area (TPSA) is 34.0 Å². The van der Waals surface area contributed by atoms with Crippen molar-refractivity contribution in [3.63, 3.8) is 0 Å². The van der Waals surface area contributed by atoms with E-state index in [1.165, 1.54) is 9.58 Å². The Morgan fingerprint density at radius 3 is 2.95 bits per heavy atom. The zero-order chi connectivity index (χ0) is 14.4. The van der Waals surface area contributed by atoms with E-state index >= 15 is 0 Å². The molecule has 1 aliphatic rings. The zero-order valence-electron chi connectivity index (χ0n) is 11.7. The molecule has 21 heavy (non-hydrogen) atoms. The molecule has 0 N–H and O–H groups in total. The lowest BCUT2D eigenvalue weighted by molar-refractivity contribution is 0.209. The van der Waals surface area contributed by atoms with E-state index in [0.29, 0.717) is 0 Å². The molecule has 4 nitrogen and oxygen atoms in total. The maximum absolute atomic E-state index is 6.53. The smallest absolute Gasteiger partial charge is 0.147 e. The quantitative estimate of drug-likeness (QED) is 0.725. The van der Waals surface area contributed by atoms with Gasteiger partial charge in [-0.3, -0.25) is 4.90 Å². The lowest BCUT2D eigenvalue weighted by atomic mass is 10.2. The third kappa shape index (κ3) is 2.25. The summed E-state index contributed by atoms with van der Waals surface area (Å²) < 4.78 is 3.46. The van der Waals surface area contributed by atoms with Crippen molar-refractivity contribution in [2.45, 2.75) is 26.6 Å². The molecule has 3 heterocycles. The number of nitrogens with zero attached hydrogens (tertiary/aromatic N) is 4. The first-order chi connectivity index (χ1) is 10.2. The molecule has 0 aliphatic carbocycles. The second-order valence-corrected chi connectivity index (χ2v) is 6.88. The summed E-state index contributed by atoms with van der Waals surface area (Å²) in [5, 5.41) is 10.5. The largest absolute Gasteiger partial charge is 0.313 e. The minimum Gasteiger partial charge on any atom is -0.313 e. The van der Waals surface area contributed by atoms with Crippen LogP contribution in [-0.2, 0) is 19.6 Å². The van der Waals surface area contributed by atoms with Crippen LogP contribution in [0.3, 0.4) is 0 Å². The van der Waals surface area contributed by atoms with Crippen LogP contribution in [0.1, 0.15) is 16.5 Å². The van der Waals surface area contributed by atoms with Gasteiger partial charge in [0.15, 0.2) is 0 Å². The van der Waals surface area contributed by atoms with Crippen LogP contribution in [0.25, 0.3) is 10.1 Å². The van der Waals surface area contributed by atoms with Crippen LogP contribution >= 0.6 is 22.9 Å². The van der Waals surface area contributed by atoms with Crippen LogP contribution in [0.15, 0.2) is 24.3 Å². The first kappa shape index (κ1) is 13.2. The number of halogens is 1. The van der Waals surface area contributed by atoms with E-state index in [1.807, 2.05) is 13.0 Å². The summed E-state index contributed by atoms with van der Waals surface area (Å²) >= 11 is 8.32. The van der Waals surface area contributed by atoms with Gasteiger partial charge in [0.1, 0.15) is 11.6 Å².